The Bertz CT molecular complexity index is 1140. The number of rotatable bonds is 7. The quantitative estimate of drug-likeness (QED) is 0.649. The third-order valence-corrected chi connectivity index (χ3v) is 8.58. The fourth-order valence-electron chi connectivity index (χ4n) is 4.47. The van der Waals surface area contributed by atoms with Gasteiger partial charge < -0.3 is 15.1 Å². The lowest BCUT2D eigenvalue weighted by atomic mass is 10.1. The molecule has 0 spiro atoms. The van der Waals surface area contributed by atoms with Gasteiger partial charge in [0.05, 0.1) is 11.7 Å². The van der Waals surface area contributed by atoms with Gasteiger partial charge in [0.25, 0.3) is 0 Å². The van der Waals surface area contributed by atoms with Gasteiger partial charge in [0, 0.05) is 57.1 Å². The van der Waals surface area contributed by atoms with Crippen molar-refractivity contribution in [1.29, 1.82) is 0 Å². The minimum atomic E-state index is -3.47. The van der Waals surface area contributed by atoms with E-state index in [1.807, 2.05) is 62.4 Å². The molecule has 2 heterocycles. The van der Waals surface area contributed by atoms with E-state index >= 15 is 0 Å². The normalized spacial score (nSPS) is 19.5. The van der Waals surface area contributed by atoms with E-state index in [1.54, 1.807) is 4.90 Å². The molecule has 8 nitrogen and oxygen atoms in total. The summed E-state index contributed by atoms with van der Waals surface area (Å²) in [6.45, 7) is 6.46. The van der Waals surface area contributed by atoms with Crippen LogP contribution in [-0.4, -0.2) is 69.6 Å². The number of hydrogen-bond acceptors (Lipinski definition) is 5. The van der Waals surface area contributed by atoms with E-state index in [0.717, 1.165) is 22.5 Å². The number of carbonyl (C=O) groups is 2. The highest BCUT2D eigenvalue weighted by molar-refractivity contribution is 7.89. The first-order valence-corrected chi connectivity index (χ1v) is 13.3. The number of nitrogens with one attached hydrogen (secondary N) is 1. The van der Waals surface area contributed by atoms with Crippen LogP contribution in [0.5, 0.6) is 0 Å². The molecule has 9 heteroatoms. The summed E-state index contributed by atoms with van der Waals surface area (Å²) in [6, 6.07) is 15.8. The van der Waals surface area contributed by atoms with Gasteiger partial charge in [-0.25, -0.2) is 8.42 Å². The summed E-state index contributed by atoms with van der Waals surface area (Å²) in [5.74, 6) is -0.992. The third kappa shape index (κ3) is 5.42. The van der Waals surface area contributed by atoms with Crippen LogP contribution in [0.25, 0.3) is 0 Å². The van der Waals surface area contributed by atoms with Crippen molar-refractivity contribution in [2.75, 3.05) is 54.8 Å². The number of carbonyl (C=O) groups excluding carboxylic acids is 2. The molecule has 1 atom stereocenters. The third-order valence-electron chi connectivity index (χ3n) is 6.71. The van der Waals surface area contributed by atoms with E-state index in [1.165, 1.54) is 4.31 Å². The predicted octanol–water partition coefficient (Wildman–Crippen LogP) is 1.92. The van der Waals surface area contributed by atoms with Crippen LogP contribution in [0.2, 0.25) is 0 Å². The molecule has 4 rings (SSSR count). The monoisotopic (exact) mass is 484 g/mol. The highest BCUT2D eigenvalue weighted by atomic mass is 32.2. The molecule has 1 N–H and O–H groups in total. The first-order valence-electron chi connectivity index (χ1n) is 11.7. The number of amides is 2. The van der Waals surface area contributed by atoms with Crippen molar-refractivity contribution in [1.82, 2.24) is 9.62 Å². The molecule has 0 saturated carbocycles. The highest BCUT2D eigenvalue weighted by Crippen LogP contribution is 2.27. The van der Waals surface area contributed by atoms with Gasteiger partial charge in [-0.05, 0) is 49.2 Å². The number of sulfonamides is 1. The molecule has 2 amide bonds. The predicted molar refractivity (Wildman–Crippen MR) is 133 cm³/mol. The van der Waals surface area contributed by atoms with Crippen LogP contribution in [0.1, 0.15) is 17.5 Å². The van der Waals surface area contributed by atoms with Crippen molar-refractivity contribution in [2.24, 2.45) is 5.92 Å². The first-order chi connectivity index (χ1) is 16.2. The maximum absolute atomic E-state index is 12.8. The van der Waals surface area contributed by atoms with Gasteiger partial charge in [0.2, 0.25) is 21.8 Å². The van der Waals surface area contributed by atoms with Gasteiger partial charge in [0.15, 0.2) is 0 Å². The lowest BCUT2D eigenvalue weighted by Crippen LogP contribution is -2.50. The second-order valence-electron chi connectivity index (χ2n) is 9.00. The summed E-state index contributed by atoms with van der Waals surface area (Å²) in [6.07, 6.45) is 0.132. The second kappa shape index (κ2) is 10.1. The number of anilines is 2. The smallest absolute Gasteiger partial charge is 0.227 e. The van der Waals surface area contributed by atoms with Crippen molar-refractivity contribution in [3.8, 4) is 0 Å². The summed E-state index contributed by atoms with van der Waals surface area (Å²) in [7, 11) is -3.47. The Labute approximate surface area is 201 Å². The van der Waals surface area contributed by atoms with Gasteiger partial charge in [-0.2, -0.15) is 4.31 Å². The van der Waals surface area contributed by atoms with Crippen molar-refractivity contribution in [2.45, 2.75) is 20.3 Å². The Kier molecular flexibility index (Phi) is 7.23. The zero-order valence-electron chi connectivity index (χ0n) is 19.7. The maximum Gasteiger partial charge on any atom is 0.227 e. The Morgan fingerprint density at radius 1 is 0.971 bits per heavy atom. The molecule has 182 valence electrons. The SMILES string of the molecule is Cc1ccc(N2C[C@H](C(=O)NCCS(=O)(=O)N3CCN(c4ccccc4)CC3)CC2=O)cc1C. The number of para-hydroxylation sites is 1. The second-order valence-corrected chi connectivity index (χ2v) is 11.1. The lowest BCUT2D eigenvalue weighted by Gasteiger charge is -2.35. The standard InChI is InChI=1S/C25H32N4O4S/c1-19-8-9-23(16-20(19)2)29-18-21(17-24(29)30)25(31)26-10-15-34(32,33)28-13-11-27(12-14-28)22-6-4-3-5-7-22/h3-9,16,21H,10-15,17-18H2,1-2H3,(H,26,31)/t21-/m1/s1. The highest BCUT2D eigenvalue weighted by Gasteiger charge is 2.35. The molecule has 2 saturated heterocycles. The molecule has 0 aliphatic carbocycles. The summed E-state index contributed by atoms with van der Waals surface area (Å²) in [5, 5.41) is 2.73. The average molecular weight is 485 g/mol. The number of benzene rings is 2. The van der Waals surface area contributed by atoms with E-state index in [0.29, 0.717) is 32.7 Å². The molecule has 2 aromatic carbocycles. The molecule has 0 radical (unpaired) electrons. The molecule has 2 aliphatic heterocycles. The van der Waals surface area contributed by atoms with Crippen LogP contribution >= 0.6 is 0 Å². The van der Waals surface area contributed by atoms with E-state index in [2.05, 4.69) is 10.2 Å². The summed E-state index contributed by atoms with van der Waals surface area (Å²) >= 11 is 0. The minimum Gasteiger partial charge on any atom is -0.369 e. The number of aryl methyl sites for hydroxylation is 2. The zero-order chi connectivity index (χ0) is 24.3. The fourth-order valence-corrected chi connectivity index (χ4v) is 5.80. The topological polar surface area (TPSA) is 90.0 Å². The summed E-state index contributed by atoms with van der Waals surface area (Å²) in [5.41, 5.74) is 4.12. The Balaban J connectivity index is 1.25. The molecular formula is C25H32N4O4S. The van der Waals surface area contributed by atoms with Gasteiger partial charge in [0.1, 0.15) is 0 Å². The Morgan fingerprint density at radius 3 is 2.35 bits per heavy atom. The minimum absolute atomic E-state index is 0.0361. The molecule has 2 aliphatic rings. The van der Waals surface area contributed by atoms with Crippen LogP contribution in [0, 0.1) is 19.8 Å². The fraction of sp³-hybridized carbons (Fsp3) is 0.440. The van der Waals surface area contributed by atoms with E-state index in [4.69, 9.17) is 0 Å². The van der Waals surface area contributed by atoms with Crippen molar-refractivity contribution >= 4 is 33.2 Å². The first kappa shape index (κ1) is 24.2. The number of hydrogen-bond donors (Lipinski definition) is 1. The summed E-state index contributed by atoms with van der Waals surface area (Å²) in [4.78, 5) is 29.0. The maximum atomic E-state index is 12.8. The van der Waals surface area contributed by atoms with Crippen molar-refractivity contribution in [3.05, 3.63) is 59.7 Å². The average Bonchev–Trinajstić information content (AvgIpc) is 3.23. The zero-order valence-corrected chi connectivity index (χ0v) is 20.6. The molecule has 34 heavy (non-hydrogen) atoms. The van der Waals surface area contributed by atoms with E-state index < -0.39 is 15.9 Å². The van der Waals surface area contributed by atoms with Crippen molar-refractivity contribution in [3.63, 3.8) is 0 Å². The van der Waals surface area contributed by atoms with Gasteiger partial charge in [-0.15, -0.1) is 0 Å². The van der Waals surface area contributed by atoms with E-state index in [-0.39, 0.29) is 30.5 Å². The number of nitrogens with zero attached hydrogens (tertiary/aromatic N) is 3. The van der Waals surface area contributed by atoms with Gasteiger partial charge in [-0.1, -0.05) is 24.3 Å². The molecular weight excluding hydrogens is 452 g/mol. The van der Waals surface area contributed by atoms with Crippen LogP contribution in [-0.2, 0) is 19.6 Å². The van der Waals surface area contributed by atoms with Crippen molar-refractivity contribution < 1.29 is 18.0 Å². The Morgan fingerprint density at radius 2 is 1.68 bits per heavy atom. The van der Waals surface area contributed by atoms with Crippen LogP contribution in [0.3, 0.4) is 0 Å². The molecule has 0 aromatic heterocycles. The van der Waals surface area contributed by atoms with Gasteiger partial charge in [-0.3, -0.25) is 9.59 Å². The van der Waals surface area contributed by atoms with Crippen LogP contribution < -0.4 is 15.1 Å². The Hall–Kier alpha value is -2.91. The molecule has 2 fully saturated rings. The largest absolute Gasteiger partial charge is 0.369 e. The summed E-state index contributed by atoms with van der Waals surface area (Å²) < 4.78 is 27.0. The molecule has 0 unspecified atom stereocenters. The molecule has 0 bridgehead atoms. The van der Waals surface area contributed by atoms with E-state index in [9.17, 15) is 18.0 Å². The number of piperazine rings is 1. The lowest BCUT2D eigenvalue weighted by molar-refractivity contribution is -0.126. The van der Waals surface area contributed by atoms with Crippen LogP contribution in [0.4, 0.5) is 11.4 Å². The van der Waals surface area contributed by atoms with Gasteiger partial charge >= 0.3 is 0 Å². The van der Waals surface area contributed by atoms with Crippen LogP contribution in [0.15, 0.2) is 48.5 Å². The molecule has 2 aromatic rings.